The van der Waals surface area contributed by atoms with E-state index in [-0.39, 0.29) is 11.6 Å². The predicted molar refractivity (Wildman–Crippen MR) is 79.5 cm³/mol. The van der Waals surface area contributed by atoms with Crippen molar-refractivity contribution in [3.05, 3.63) is 58.3 Å². The molecule has 0 aliphatic carbocycles. The molecule has 0 atom stereocenters. The highest BCUT2D eigenvalue weighted by Gasteiger charge is 2.10. The Morgan fingerprint density at radius 3 is 2.86 bits per heavy atom. The first kappa shape index (κ1) is 14.4. The second-order valence-corrected chi connectivity index (χ2v) is 4.22. The smallest absolute Gasteiger partial charge is 0.271 e. The van der Waals surface area contributed by atoms with E-state index in [0.29, 0.717) is 23.6 Å². The van der Waals surface area contributed by atoms with Gasteiger partial charge >= 0.3 is 0 Å². The number of carbonyl (C=O) groups excluding carboxylic acids is 1. The lowest BCUT2D eigenvalue weighted by atomic mass is 10.2. The van der Waals surface area contributed by atoms with Gasteiger partial charge in [0, 0.05) is 36.1 Å². The predicted octanol–water partition coefficient (Wildman–Crippen LogP) is 2.67. The number of non-ortho nitro benzene ring substituents is 1. The Bertz CT molecular complexity index is 673. The summed E-state index contributed by atoms with van der Waals surface area (Å²) in [6.07, 6.45) is 1.53. The Balaban J connectivity index is 2.16. The van der Waals surface area contributed by atoms with Crippen molar-refractivity contribution in [2.45, 2.75) is 6.92 Å². The summed E-state index contributed by atoms with van der Waals surface area (Å²) in [7, 11) is 0. The van der Waals surface area contributed by atoms with Crippen LogP contribution in [0.1, 0.15) is 17.3 Å². The summed E-state index contributed by atoms with van der Waals surface area (Å²) in [5.74, 6) is 0.251. The molecule has 2 N–H and O–H groups in total. The molecular weight excluding hydrogens is 272 g/mol. The summed E-state index contributed by atoms with van der Waals surface area (Å²) < 4.78 is 0. The van der Waals surface area contributed by atoms with Crippen LogP contribution >= 0.6 is 0 Å². The zero-order chi connectivity index (χ0) is 15.2. The number of rotatable bonds is 5. The van der Waals surface area contributed by atoms with Crippen molar-refractivity contribution in [2.24, 2.45) is 0 Å². The zero-order valence-electron chi connectivity index (χ0n) is 11.4. The van der Waals surface area contributed by atoms with Crippen molar-refractivity contribution in [1.82, 2.24) is 4.98 Å². The maximum absolute atomic E-state index is 12.1. The fraction of sp³-hybridized carbons (Fsp3) is 0.143. The van der Waals surface area contributed by atoms with E-state index in [2.05, 4.69) is 15.6 Å². The quantitative estimate of drug-likeness (QED) is 0.650. The number of aromatic nitrogens is 1. The van der Waals surface area contributed by atoms with E-state index >= 15 is 0 Å². The molecule has 0 spiro atoms. The number of carbonyl (C=O) groups is 1. The first-order valence-electron chi connectivity index (χ1n) is 6.36. The first-order valence-corrected chi connectivity index (χ1v) is 6.36. The molecule has 2 aromatic rings. The van der Waals surface area contributed by atoms with Crippen LogP contribution in [0.3, 0.4) is 0 Å². The minimum atomic E-state index is -0.509. The highest BCUT2D eigenvalue weighted by molar-refractivity contribution is 6.04. The van der Waals surface area contributed by atoms with Crippen LogP contribution in [0.25, 0.3) is 0 Å². The Kier molecular flexibility index (Phi) is 4.45. The average molecular weight is 286 g/mol. The lowest BCUT2D eigenvalue weighted by molar-refractivity contribution is -0.384. The van der Waals surface area contributed by atoms with Gasteiger partial charge in [-0.2, -0.15) is 0 Å². The van der Waals surface area contributed by atoms with Crippen molar-refractivity contribution < 1.29 is 9.72 Å². The van der Waals surface area contributed by atoms with Crippen LogP contribution in [0.4, 0.5) is 17.2 Å². The standard InChI is InChI=1S/C14H14N4O3/c1-2-15-13-8-10(6-7-16-13)14(19)17-11-4-3-5-12(9-11)18(20)21/h3-9H,2H2,1H3,(H,15,16)(H,17,19). The van der Waals surface area contributed by atoms with Gasteiger partial charge in [-0.25, -0.2) is 4.98 Å². The lowest BCUT2D eigenvalue weighted by Gasteiger charge is -2.07. The molecule has 0 aliphatic heterocycles. The van der Waals surface area contributed by atoms with Crippen LogP contribution in [0.5, 0.6) is 0 Å². The van der Waals surface area contributed by atoms with Gasteiger partial charge in [0.15, 0.2) is 0 Å². The fourth-order valence-corrected chi connectivity index (χ4v) is 1.75. The highest BCUT2D eigenvalue weighted by Crippen LogP contribution is 2.18. The lowest BCUT2D eigenvalue weighted by Crippen LogP contribution is -2.13. The summed E-state index contributed by atoms with van der Waals surface area (Å²) in [5.41, 5.74) is 0.722. The molecular formula is C14H14N4O3. The summed E-state index contributed by atoms with van der Waals surface area (Å²) in [6.45, 7) is 2.63. The molecule has 0 fully saturated rings. The number of hydrogen-bond donors (Lipinski definition) is 2. The summed E-state index contributed by atoms with van der Waals surface area (Å²) in [6, 6.07) is 8.99. The third-order valence-corrected chi connectivity index (χ3v) is 2.69. The third kappa shape index (κ3) is 3.75. The molecule has 1 heterocycles. The number of nitrogens with one attached hydrogen (secondary N) is 2. The number of hydrogen-bond acceptors (Lipinski definition) is 5. The molecule has 0 radical (unpaired) electrons. The molecule has 0 aliphatic rings. The van der Waals surface area contributed by atoms with Crippen LogP contribution in [0.15, 0.2) is 42.6 Å². The average Bonchev–Trinajstić information content (AvgIpc) is 2.48. The molecule has 108 valence electrons. The molecule has 0 bridgehead atoms. The van der Waals surface area contributed by atoms with Crippen molar-refractivity contribution in [2.75, 3.05) is 17.2 Å². The van der Waals surface area contributed by atoms with Gasteiger partial charge in [0.25, 0.3) is 11.6 Å². The SMILES string of the molecule is CCNc1cc(C(=O)Nc2cccc([N+](=O)[O-])c2)ccn1. The van der Waals surface area contributed by atoms with Crippen LogP contribution < -0.4 is 10.6 Å². The van der Waals surface area contributed by atoms with E-state index < -0.39 is 4.92 Å². The summed E-state index contributed by atoms with van der Waals surface area (Å²) in [4.78, 5) is 26.4. The topological polar surface area (TPSA) is 97.2 Å². The van der Waals surface area contributed by atoms with Gasteiger partial charge < -0.3 is 10.6 Å². The minimum absolute atomic E-state index is 0.0733. The number of anilines is 2. The monoisotopic (exact) mass is 286 g/mol. The van der Waals surface area contributed by atoms with E-state index in [1.807, 2.05) is 6.92 Å². The van der Waals surface area contributed by atoms with Crippen molar-refractivity contribution in [1.29, 1.82) is 0 Å². The Morgan fingerprint density at radius 2 is 2.14 bits per heavy atom. The Morgan fingerprint density at radius 1 is 1.33 bits per heavy atom. The Hall–Kier alpha value is -2.96. The Labute approximate surface area is 121 Å². The molecule has 7 heteroatoms. The molecule has 2 rings (SSSR count). The molecule has 7 nitrogen and oxygen atoms in total. The van der Waals surface area contributed by atoms with Crippen molar-refractivity contribution in [3.8, 4) is 0 Å². The summed E-state index contributed by atoms with van der Waals surface area (Å²) in [5, 5.41) is 16.3. The first-order chi connectivity index (χ1) is 10.1. The van der Waals surface area contributed by atoms with Gasteiger partial charge in [-0.3, -0.25) is 14.9 Å². The normalized spacial score (nSPS) is 9.95. The minimum Gasteiger partial charge on any atom is -0.370 e. The van der Waals surface area contributed by atoms with Crippen LogP contribution in [-0.4, -0.2) is 22.4 Å². The maximum atomic E-state index is 12.1. The maximum Gasteiger partial charge on any atom is 0.271 e. The van der Waals surface area contributed by atoms with E-state index in [9.17, 15) is 14.9 Å². The highest BCUT2D eigenvalue weighted by atomic mass is 16.6. The summed E-state index contributed by atoms with van der Waals surface area (Å²) >= 11 is 0. The number of amides is 1. The van der Waals surface area contributed by atoms with Gasteiger partial charge in [0.2, 0.25) is 0 Å². The van der Waals surface area contributed by atoms with Gasteiger partial charge in [-0.1, -0.05) is 6.07 Å². The van der Waals surface area contributed by atoms with Gasteiger partial charge in [0.05, 0.1) is 4.92 Å². The number of nitro benzene ring substituents is 1. The molecule has 1 amide bonds. The number of pyridine rings is 1. The van der Waals surface area contributed by atoms with E-state index in [1.165, 1.54) is 24.4 Å². The van der Waals surface area contributed by atoms with Crippen molar-refractivity contribution >= 4 is 23.1 Å². The van der Waals surface area contributed by atoms with E-state index in [4.69, 9.17) is 0 Å². The molecule has 0 saturated carbocycles. The van der Waals surface area contributed by atoms with Gasteiger partial charge in [-0.15, -0.1) is 0 Å². The van der Waals surface area contributed by atoms with Gasteiger partial charge in [-0.05, 0) is 25.1 Å². The van der Waals surface area contributed by atoms with Crippen LogP contribution in [-0.2, 0) is 0 Å². The van der Waals surface area contributed by atoms with Crippen LogP contribution in [0.2, 0.25) is 0 Å². The number of benzene rings is 1. The van der Waals surface area contributed by atoms with Crippen LogP contribution in [0, 0.1) is 10.1 Å². The number of nitro groups is 1. The van der Waals surface area contributed by atoms with E-state index in [1.54, 1.807) is 18.2 Å². The fourth-order valence-electron chi connectivity index (χ4n) is 1.75. The molecule has 0 unspecified atom stereocenters. The molecule has 1 aromatic carbocycles. The van der Waals surface area contributed by atoms with E-state index in [0.717, 1.165) is 0 Å². The van der Waals surface area contributed by atoms with Crippen molar-refractivity contribution in [3.63, 3.8) is 0 Å². The second kappa shape index (κ2) is 6.47. The third-order valence-electron chi connectivity index (χ3n) is 2.69. The zero-order valence-corrected chi connectivity index (χ0v) is 11.4. The number of nitrogens with zero attached hydrogens (tertiary/aromatic N) is 2. The molecule has 0 saturated heterocycles. The second-order valence-electron chi connectivity index (χ2n) is 4.22. The van der Waals surface area contributed by atoms with Gasteiger partial charge in [0.1, 0.15) is 5.82 Å². The largest absolute Gasteiger partial charge is 0.370 e. The molecule has 21 heavy (non-hydrogen) atoms. The molecule has 1 aromatic heterocycles.